The Labute approximate surface area is 76.1 Å². The predicted octanol–water partition coefficient (Wildman–Crippen LogP) is 2.46. The lowest BCUT2D eigenvalue weighted by atomic mass is 10.2. The first-order chi connectivity index (χ1) is 5.90. The van der Waals surface area contributed by atoms with Gasteiger partial charge in [-0.05, 0) is 12.1 Å². The van der Waals surface area contributed by atoms with Crippen molar-refractivity contribution < 1.29 is 0 Å². The second-order valence-electron chi connectivity index (χ2n) is 2.52. The predicted molar refractivity (Wildman–Crippen MR) is 53.4 cm³/mol. The molecule has 0 atom stereocenters. The van der Waals surface area contributed by atoms with Gasteiger partial charge in [-0.25, -0.2) is 0 Å². The molecule has 2 heteroatoms. The highest BCUT2D eigenvalue weighted by Gasteiger charge is 1.93. The van der Waals surface area contributed by atoms with Crippen molar-refractivity contribution in [3.05, 3.63) is 42.1 Å². The van der Waals surface area contributed by atoms with Crippen LogP contribution in [0.1, 0.15) is 5.56 Å². The van der Waals surface area contributed by atoms with Crippen molar-refractivity contribution in [2.24, 2.45) is 0 Å². The maximum Gasteiger partial charge on any atom is 0.0702 e. The fourth-order valence-corrected chi connectivity index (χ4v) is 1.24. The maximum absolute atomic E-state index is 4.69. The van der Waals surface area contributed by atoms with E-state index in [0.29, 0.717) is 0 Å². The van der Waals surface area contributed by atoms with E-state index in [4.69, 9.17) is 12.2 Å². The third-order valence-corrected chi connectivity index (χ3v) is 1.94. The van der Waals surface area contributed by atoms with Crippen molar-refractivity contribution in [3.8, 4) is 0 Å². The summed E-state index contributed by atoms with van der Waals surface area (Å²) in [7, 11) is 0. The van der Waals surface area contributed by atoms with Crippen LogP contribution < -0.4 is 0 Å². The number of rotatable bonds is 1. The molecule has 2 rings (SSSR count). The SMILES string of the molecule is S=[C]c1cnc2ccccc2c1. The number of para-hydroxylation sites is 1. The second-order valence-corrected chi connectivity index (χ2v) is 2.72. The molecule has 1 radical (unpaired) electrons. The molecular weight excluding hydrogens is 166 g/mol. The van der Waals surface area contributed by atoms with Crippen LogP contribution in [0.15, 0.2) is 36.5 Å². The highest BCUT2D eigenvalue weighted by Crippen LogP contribution is 2.11. The lowest BCUT2D eigenvalue weighted by molar-refractivity contribution is 1.41. The van der Waals surface area contributed by atoms with E-state index in [9.17, 15) is 0 Å². The van der Waals surface area contributed by atoms with E-state index in [0.717, 1.165) is 16.5 Å². The molecule has 0 saturated heterocycles. The summed E-state index contributed by atoms with van der Waals surface area (Å²) < 4.78 is 0. The molecule has 12 heavy (non-hydrogen) atoms. The number of thiocarbonyl (C=S) groups is 1. The van der Waals surface area contributed by atoms with Gasteiger partial charge in [0.1, 0.15) is 0 Å². The van der Waals surface area contributed by atoms with Gasteiger partial charge in [-0.1, -0.05) is 30.4 Å². The van der Waals surface area contributed by atoms with Crippen LogP contribution in [0.3, 0.4) is 0 Å². The van der Waals surface area contributed by atoms with E-state index in [1.165, 1.54) is 0 Å². The molecule has 1 aromatic heterocycles. The van der Waals surface area contributed by atoms with Crippen molar-refractivity contribution in [1.82, 2.24) is 4.98 Å². The van der Waals surface area contributed by atoms with Gasteiger partial charge in [0.25, 0.3) is 0 Å². The molecule has 57 valence electrons. The van der Waals surface area contributed by atoms with Crippen LogP contribution in [0.4, 0.5) is 0 Å². The Kier molecular flexibility index (Phi) is 1.84. The van der Waals surface area contributed by atoms with Gasteiger partial charge in [0.2, 0.25) is 0 Å². The molecule has 0 amide bonds. The Hall–Kier alpha value is -1.28. The van der Waals surface area contributed by atoms with Gasteiger partial charge in [0, 0.05) is 17.1 Å². The summed E-state index contributed by atoms with van der Waals surface area (Å²) in [6.45, 7) is 0. The molecule has 2 aromatic rings. The van der Waals surface area contributed by atoms with Crippen molar-refractivity contribution in [1.29, 1.82) is 0 Å². The van der Waals surface area contributed by atoms with Gasteiger partial charge in [-0.2, -0.15) is 0 Å². The molecule has 0 bridgehead atoms. The molecule has 1 heterocycles. The standard InChI is InChI=1S/C10H6NS/c12-7-8-5-9-3-1-2-4-10(9)11-6-8/h1-6H. The average Bonchev–Trinajstić information content (AvgIpc) is 2.17. The molecule has 0 spiro atoms. The van der Waals surface area contributed by atoms with E-state index in [-0.39, 0.29) is 0 Å². The third-order valence-electron chi connectivity index (χ3n) is 1.71. The fourth-order valence-electron chi connectivity index (χ4n) is 1.13. The van der Waals surface area contributed by atoms with Gasteiger partial charge < -0.3 is 0 Å². The van der Waals surface area contributed by atoms with E-state index in [1.54, 1.807) is 6.20 Å². The summed E-state index contributed by atoms with van der Waals surface area (Å²) in [6, 6.07) is 9.92. The number of hydrogen-bond acceptors (Lipinski definition) is 2. The van der Waals surface area contributed by atoms with Gasteiger partial charge >= 0.3 is 0 Å². The van der Waals surface area contributed by atoms with Crippen molar-refractivity contribution in [3.63, 3.8) is 0 Å². The zero-order valence-corrected chi connectivity index (χ0v) is 7.14. The van der Waals surface area contributed by atoms with Crippen molar-refractivity contribution >= 4 is 28.5 Å². The summed E-state index contributed by atoms with van der Waals surface area (Å²) in [5.41, 5.74) is 1.86. The summed E-state index contributed by atoms with van der Waals surface area (Å²) >= 11 is 4.69. The Balaban J connectivity index is 2.75. The van der Waals surface area contributed by atoms with E-state index < -0.39 is 0 Å². The van der Waals surface area contributed by atoms with Crippen LogP contribution in [0, 0.1) is 0 Å². The third kappa shape index (κ3) is 1.21. The molecular formula is C10H6NS. The lowest BCUT2D eigenvalue weighted by Gasteiger charge is -1.95. The molecule has 0 unspecified atom stereocenters. The molecule has 0 aliphatic heterocycles. The molecule has 0 N–H and O–H groups in total. The Bertz CT molecular complexity index is 423. The van der Waals surface area contributed by atoms with Gasteiger partial charge in [0.05, 0.1) is 10.9 Å². The topological polar surface area (TPSA) is 12.9 Å². The summed E-state index contributed by atoms with van der Waals surface area (Å²) in [4.78, 5) is 4.22. The molecule has 0 aliphatic carbocycles. The molecule has 0 saturated carbocycles. The lowest BCUT2D eigenvalue weighted by Crippen LogP contribution is -1.82. The highest BCUT2D eigenvalue weighted by molar-refractivity contribution is 7.79. The minimum atomic E-state index is 0.865. The first-order valence-electron chi connectivity index (χ1n) is 3.63. The Morgan fingerprint density at radius 1 is 1.25 bits per heavy atom. The van der Waals surface area contributed by atoms with Crippen LogP contribution in [-0.4, -0.2) is 10.4 Å². The smallest absolute Gasteiger partial charge is 0.0702 e. The first kappa shape index (κ1) is 7.37. The number of pyridine rings is 1. The minimum Gasteiger partial charge on any atom is -0.256 e. The average molecular weight is 172 g/mol. The van der Waals surface area contributed by atoms with Crippen LogP contribution in [0.25, 0.3) is 10.9 Å². The van der Waals surface area contributed by atoms with E-state index in [1.807, 2.05) is 30.3 Å². The fraction of sp³-hybridized carbons (Fsp3) is 0. The van der Waals surface area contributed by atoms with E-state index >= 15 is 0 Å². The molecule has 1 aromatic carbocycles. The maximum atomic E-state index is 4.69. The number of nitrogens with zero attached hydrogens (tertiary/aromatic N) is 1. The normalized spacial score (nSPS) is 10.0. The van der Waals surface area contributed by atoms with E-state index in [2.05, 4.69) is 10.4 Å². The molecule has 0 fully saturated rings. The Morgan fingerprint density at radius 3 is 2.92 bits per heavy atom. The van der Waals surface area contributed by atoms with Crippen molar-refractivity contribution in [2.45, 2.75) is 0 Å². The zero-order chi connectivity index (χ0) is 8.39. The summed E-state index contributed by atoms with van der Waals surface area (Å²) in [5.74, 6) is 0. The van der Waals surface area contributed by atoms with Gasteiger partial charge in [0.15, 0.2) is 0 Å². The number of hydrogen-bond donors (Lipinski definition) is 0. The van der Waals surface area contributed by atoms with Gasteiger partial charge in [-0.3, -0.25) is 4.98 Å². The monoisotopic (exact) mass is 172 g/mol. The van der Waals surface area contributed by atoms with Crippen LogP contribution in [0.5, 0.6) is 0 Å². The van der Waals surface area contributed by atoms with Crippen LogP contribution in [-0.2, 0) is 0 Å². The minimum absolute atomic E-state index is 0.865. The second kappa shape index (κ2) is 2.99. The first-order valence-corrected chi connectivity index (χ1v) is 4.04. The highest BCUT2D eigenvalue weighted by atomic mass is 32.1. The zero-order valence-electron chi connectivity index (χ0n) is 6.32. The van der Waals surface area contributed by atoms with Crippen LogP contribution in [0.2, 0.25) is 0 Å². The Morgan fingerprint density at radius 2 is 2.08 bits per heavy atom. The van der Waals surface area contributed by atoms with Crippen molar-refractivity contribution in [2.75, 3.05) is 0 Å². The summed E-state index contributed by atoms with van der Waals surface area (Å²) in [6.07, 6.45) is 1.73. The number of fused-ring (bicyclic) bond motifs is 1. The number of benzene rings is 1. The summed E-state index contributed by atoms with van der Waals surface area (Å²) in [5, 5.41) is 3.74. The largest absolute Gasteiger partial charge is 0.256 e. The molecule has 1 nitrogen and oxygen atoms in total. The van der Waals surface area contributed by atoms with Gasteiger partial charge in [-0.15, -0.1) is 0 Å². The quantitative estimate of drug-likeness (QED) is 0.613. The molecule has 0 aliphatic rings. The number of aromatic nitrogens is 1. The van der Waals surface area contributed by atoms with Crippen LogP contribution >= 0.6 is 12.2 Å².